The Kier molecular flexibility index (Phi) is 8.93. The van der Waals surface area contributed by atoms with Gasteiger partial charge in [-0.1, -0.05) is 36.9 Å². The number of fused-ring (bicyclic) bond motifs is 2. The summed E-state index contributed by atoms with van der Waals surface area (Å²) in [5.74, 6) is -1.93. The zero-order chi connectivity index (χ0) is 36.1. The normalized spacial score (nSPS) is 12.8. The van der Waals surface area contributed by atoms with E-state index in [2.05, 4.69) is 22.1 Å². The predicted octanol–water partition coefficient (Wildman–Crippen LogP) is 5.02. The van der Waals surface area contributed by atoms with E-state index in [4.69, 9.17) is 0 Å². The molecule has 254 valence electrons. The number of anilines is 1. The molecule has 49 heavy (non-hydrogen) atoms. The molecule has 0 bridgehead atoms. The van der Waals surface area contributed by atoms with Gasteiger partial charge >= 0.3 is 0 Å². The fourth-order valence-electron chi connectivity index (χ4n) is 4.78. The Morgan fingerprint density at radius 2 is 1.37 bits per heavy atom. The molecule has 0 unspecified atom stereocenters. The maximum Gasteiger partial charge on any atom is 0.297 e. The maximum atomic E-state index is 13.0. The van der Waals surface area contributed by atoms with E-state index in [1.807, 2.05) is 0 Å². The molecular formula is C29H21N3O13S4. The van der Waals surface area contributed by atoms with Crippen molar-refractivity contribution < 1.29 is 57.2 Å². The zero-order valence-corrected chi connectivity index (χ0v) is 27.5. The summed E-state index contributed by atoms with van der Waals surface area (Å²) in [6, 6.07) is 15.0. The van der Waals surface area contributed by atoms with E-state index in [-0.39, 0.29) is 21.2 Å². The summed E-state index contributed by atoms with van der Waals surface area (Å²) in [4.78, 5) is 9.84. The third-order valence-corrected chi connectivity index (χ3v) is 11.0. The second-order valence-corrected chi connectivity index (χ2v) is 16.2. The summed E-state index contributed by atoms with van der Waals surface area (Å²) in [6.07, 6.45) is 0. The van der Waals surface area contributed by atoms with Gasteiger partial charge in [0.15, 0.2) is 15.6 Å². The lowest BCUT2D eigenvalue weighted by atomic mass is 10.1. The molecule has 0 aromatic heterocycles. The van der Waals surface area contributed by atoms with Crippen molar-refractivity contribution in [2.75, 3.05) is 5.32 Å². The SMILES string of the molecule is C=CS(=O)(=O)c1ccc2c(S(=O)(=O)O)c(N=Nc3c(S(=O)(=O)O)cc4cc(S(=O)(=O)O)cc(NC(=O)c5ccccc5)c4c3O)ccc2c1. The molecule has 0 heterocycles. The van der Waals surface area contributed by atoms with Gasteiger partial charge in [0, 0.05) is 21.7 Å². The molecule has 0 fully saturated rings. The van der Waals surface area contributed by atoms with Crippen LogP contribution in [0.1, 0.15) is 10.4 Å². The lowest BCUT2D eigenvalue weighted by Crippen LogP contribution is -2.13. The molecule has 20 heteroatoms. The largest absolute Gasteiger partial charge is 0.505 e. The lowest BCUT2D eigenvalue weighted by Gasteiger charge is -2.15. The minimum absolute atomic E-state index is 0.00937. The fraction of sp³-hybridized carbons (Fsp3) is 0. The van der Waals surface area contributed by atoms with Crippen LogP contribution in [0.5, 0.6) is 5.75 Å². The van der Waals surface area contributed by atoms with Crippen molar-refractivity contribution in [1.29, 1.82) is 0 Å². The highest BCUT2D eigenvalue weighted by atomic mass is 32.2. The Balaban J connectivity index is 1.78. The van der Waals surface area contributed by atoms with E-state index in [0.29, 0.717) is 11.5 Å². The van der Waals surface area contributed by atoms with E-state index < -0.39 is 94.4 Å². The summed E-state index contributed by atoms with van der Waals surface area (Å²) in [5.41, 5.74) is -2.04. The number of phenols is 1. The molecule has 1 amide bonds. The third kappa shape index (κ3) is 7.05. The number of nitrogens with one attached hydrogen (secondary N) is 1. The van der Waals surface area contributed by atoms with Crippen LogP contribution in [0.25, 0.3) is 21.5 Å². The van der Waals surface area contributed by atoms with Crippen LogP contribution >= 0.6 is 0 Å². The molecule has 0 aliphatic rings. The summed E-state index contributed by atoms with van der Waals surface area (Å²) < 4.78 is 128. The Bertz CT molecular complexity index is 2710. The van der Waals surface area contributed by atoms with Crippen LogP contribution < -0.4 is 5.32 Å². The van der Waals surface area contributed by atoms with E-state index in [1.54, 1.807) is 6.07 Å². The van der Waals surface area contributed by atoms with E-state index in [9.17, 15) is 57.2 Å². The fourth-order valence-corrected chi connectivity index (χ4v) is 7.56. The van der Waals surface area contributed by atoms with Gasteiger partial charge in [-0.25, -0.2) is 8.42 Å². The van der Waals surface area contributed by atoms with Gasteiger partial charge in [-0.15, -0.1) is 10.2 Å². The number of sulfone groups is 1. The van der Waals surface area contributed by atoms with Gasteiger partial charge in [0.1, 0.15) is 21.2 Å². The first-order valence-electron chi connectivity index (χ1n) is 13.2. The van der Waals surface area contributed by atoms with Gasteiger partial charge in [-0.3, -0.25) is 18.5 Å². The number of carbonyl (C=O) groups is 1. The topological polar surface area (TPSA) is 271 Å². The predicted molar refractivity (Wildman–Crippen MR) is 175 cm³/mol. The van der Waals surface area contributed by atoms with Crippen molar-refractivity contribution in [3.63, 3.8) is 0 Å². The van der Waals surface area contributed by atoms with Crippen molar-refractivity contribution in [3.05, 3.63) is 96.4 Å². The van der Waals surface area contributed by atoms with Crippen molar-refractivity contribution >= 4 is 84.7 Å². The van der Waals surface area contributed by atoms with Crippen LogP contribution in [-0.2, 0) is 40.2 Å². The molecule has 0 spiro atoms. The molecule has 16 nitrogen and oxygen atoms in total. The molecule has 5 aromatic rings. The average molecular weight is 748 g/mol. The van der Waals surface area contributed by atoms with E-state index in [0.717, 1.165) is 36.4 Å². The molecule has 5 aromatic carbocycles. The van der Waals surface area contributed by atoms with Crippen LogP contribution in [0.3, 0.4) is 0 Å². The van der Waals surface area contributed by atoms with Crippen molar-refractivity contribution in [2.45, 2.75) is 19.6 Å². The van der Waals surface area contributed by atoms with Gasteiger partial charge in [0.2, 0.25) is 0 Å². The Morgan fingerprint density at radius 3 is 1.96 bits per heavy atom. The van der Waals surface area contributed by atoms with Crippen molar-refractivity contribution in [3.8, 4) is 5.75 Å². The Hall–Kier alpha value is -5.09. The highest BCUT2D eigenvalue weighted by molar-refractivity contribution is 7.94. The molecule has 5 rings (SSSR count). The number of phenolic OH excluding ortho intramolecular Hbond substituents is 1. The van der Waals surface area contributed by atoms with Crippen molar-refractivity contribution in [1.82, 2.24) is 0 Å². The molecule has 0 aliphatic heterocycles. The smallest absolute Gasteiger partial charge is 0.297 e. The first-order chi connectivity index (χ1) is 22.7. The Labute approximate surface area is 278 Å². The average Bonchev–Trinajstić information content (AvgIpc) is 3.02. The lowest BCUT2D eigenvalue weighted by molar-refractivity contribution is 0.102. The molecule has 0 saturated carbocycles. The van der Waals surface area contributed by atoms with E-state index in [1.165, 1.54) is 30.3 Å². The molecule has 5 N–H and O–H groups in total. The highest BCUT2D eigenvalue weighted by Crippen LogP contribution is 2.46. The number of benzene rings is 5. The molecule has 0 saturated heterocycles. The molecular weight excluding hydrogens is 727 g/mol. The molecule has 0 aliphatic carbocycles. The third-order valence-electron chi connectivity index (χ3n) is 6.97. The number of azo groups is 1. The van der Waals surface area contributed by atoms with Gasteiger partial charge in [-0.05, 0) is 59.3 Å². The van der Waals surface area contributed by atoms with Crippen molar-refractivity contribution in [2.24, 2.45) is 10.2 Å². The molecule has 0 atom stereocenters. The van der Waals surface area contributed by atoms with Gasteiger partial charge < -0.3 is 10.4 Å². The molecule has 0 radical (unpaired) electrons. The second kappa shape index (κ2) is 12.4. The maximum absolute atomic E-state index is 13.0. The quantitative estimate of drug-likeness (QED) is 0.0980. The second-order valence-electron chi connectivity index (χ2n) is 10.1. The number of rotatable bonds is 9. The monoisotopic (exact) mass is 747 g/mol. The van der Waals surface area contributed by atoms with Gasteiger partial charge in [0.25, 0.3) is 36.3 Å². The van der Waals surface area contributed by atoms with Gasteiger partial charge in [-0.2, -0.15) is 25.3 Å². The number of nitrogens with zero attached hydrogens (tertiary/aromatic N) is 2. The first-order valence-corrected chi connectivity index (χ1v) is 19.1. The zero-order valence-electron chi connectivity index (χ0n) is 24.3. The minimum Gasteiger partial charge on any atom is -0.505 e. The minimum atomic E-state index is -5.32. The summed E-state index contributed by atoms with van der Waals surface area (Å²) in [5, 5.41) is 20.6. The van der Waals surface area contributed by atoms with Crippen LogP contribution in [-0.4, -0.2) is 58.3 Å². The number of carbonyl (C=O) groups excluding carboxylic acids is 1. The van der Waals surface area contributed by atoms with E-state index >= 15 is 0 Å². The van der Waals surface area contributed by atoms with Crippen LogP contribution in [0.15, 0.2) is 121 Å². The summed E-state index contributed by atoms with van der Waals surface area (Å²) in [6.45, 7) is 3.22. The standard InChI is InChI=1S/C29H21N3O13S4/c1-2-46(35,36)19-9-10-21-17(12-19)8-11-22(28(21)49(43,44)45)31-32-26-24(48(40,41)42)14-18-13-20(47(37,38)39)15-23(25(18)27(26)33)30-29(34)16-6-4-3-5-7-16/h2-15,33H,1H2,(H,30,34)(H,37,38,39)(H,40,41,42)(H,43,44,45). The van der Waals surface area contributed by atoms with Crippen LogP contribution in [0.2, 0.25) is 0 Å². The highest BCUT2D eigenvalue weighted by Gasteiger charge is 2.27. The number of hydrogen-bond donors (Lipinski definition) is 5. The van der Waals surface area contributed by atoms with Crippen LogP contribution in [0, 0.1) is 0 Å². The Morgan fingerprint density at radius 1 is 0.714 bits per heavy atom. The number of aromatic hydroxyl groups is 1. The van der Waals surface area contributed by atoms with Gasteiger partial charge in [0.05, 0.1) is 15.5 Å². The van der Waals surface area contributed by atoms with Crippen LogP contribution in [0.4, 0.5) is 17.1 Å². The summed E-state index contributed by atoms with van der Waals surface area (Å²) >= 11 is 0. The first kappa shape index (κ1) is 35.2. The number of hydrogen-bond acceptors (Lipinski definition) is 12. The summed E-state index contributed by atoms with van der Waals surface area (Å²) in [7, 11) is -19.4. The number of amides is 1.